The van der Waals surface area contributed by atoms with Crippen LogP contribution in [0.25, 0.3) is 0 Å². The summed E-state index contributed by atoms with van der Waals surface area (Å²) in [7, 11) is 0.615. The second-order valence-electron chi connectivity index (χ2n) is 4.40. The van der Waals surface area contributed by atoms with E-state index in [1.807, 2.05) is 0 Å². The van der Waals surface area contributed by atoms with Crippen LogP contribution in [0.4, 0.5) is 5.69 Å². The Bertz CT molecular complexity index is 481. The Kier molecular flexibility index (Phi) is 3.33. The quantitative estimate of drug-likeness (QED) is 0.859. The van der Waals surface area contributed by atoms with Gasteiger partial charge in [0.25, 0.3) is 0 Å². The molecule has 0 radical (unpaired) electrons. The molecular formula is C11H17N3O2S. The minimum atomic E-state index is -1.16. The van der Waals surface area contributed by atoms with E-state index >= 15 is 0 Å². The molecule has 1 aliphatic heterocycles. The summed E-state index contributed by atoms with van der Waals surface area (Å²) in [6, 6.07) is 0. The van der Waals surface area contributed by atoms with Gasteiger partial charge in [0.05, 0.1) is 22.2 Å². The molecule has 6 heteroatoms. The van der Waals surface area contributed by atoms with Crippen LogP contribution in [-0.4, -0.2) is 25.6 Å². The van der Waals surface area contributed by atoms with Gasteiger partial charge < -0.3 is 5.32 Å². The first-order chi connectivity index (χ1) is 8.04. The average Bonchev–Trinajstić information content (AvgIpc) is 2.49. The molecule has 1 amide bonds. The number of anilines is 1. The smallest absolute Gasteiger partial charge is 0.228 e. The Morgan fingerprint density at radius 1 is 1.59 bits per heavy atom. The Labute approximate surface area is 103 Å². The lowest BCUT2D eigenvalue weighted by Crippen LogP contribution is -2.22. The minimum absolute atomic E-state index is 0.0672. The van der Waals surface area contributed by atoms with E-state index in [4.69, 9.17) is 0 Å². The highest BCUT2D eigenvalue weighted by molar-refractivity contribution is 7.85. The molecule has 1 N–H and O–H groups in total. The van der Waals surface area contributed by atoms with Gasteiger partial charge in [-0.2, -0.15) is 5.10 Å². The maximum Gasteiger partial charge on any atom is 0.228 e. The number of hydrogen-bond donors (Lipinski definition) is 1. The number of fused-ring (bicyclic) bond motifs is 1. The molecule has 5 nitrogen and oxygen atoms in total. The Morgan fingerprint density at radius 2 is 2.29 bits per heavy atom. The molecule has 0 aromatic carbocycles. The Balaban J connectivity index is 2.51. The number of amides is 1. The summed E-state index contributed by atoms with van der Waals surface area (Å²) in [5, 5.41) is 7.85. The van der Waals surface area contributed by atoms with Gasteiger partial charge in [0.1, 0.15) is 5.03 Å². The molecule has 2 atom stereocenters. The molecule has 17 heavy (non-hydrogen) atoms. The summed E-state index contributed by atoms with van der Waals surface area (Å²) in [6.45, 7) is 3.85. The fourth-order valence-corrected chi connectivity index (χ4v) is 3.48. The molecule has 1 aromatic heterocycles. The second-order valence-corrected chi connectivity index (χ2v) is 5.81. The largest absolute Gasteiger partial charge is 0.322 e. The molecule has 1 aromatic rings. The van der Waals surface area contributed by atoms with Gasteiger partial charge in [-0.25, -0.2) is 0 Å². The number of carbonyl (C=O) groups excluding carboxylic acids is 1. The van der Waals surface area contributed by atoms with Crippen LogP contribution in [0.3, 0.4) is 0 Å². The van der Waals surface area contributed by atoms with Gasteiger partial charge in [-0.3, -0.25) is 13.7 Å². The van der Waals surface area contributed by atoms with E-state index in [2.05, 4.69) is 17.3 Å². The molecule has 1 aliphatic rings. The highest BCUT2D eigenvalue weighted by Crippen LogP contribution is 2.29. The first-order valence-corrected chi connectivity index (χ1v) is 7.11. The van der Waals surface area contributed by atoms with Gasteiger partial charge in [0.2, 0.25) is 5.91 Å². The van der Waals surface area contributed by atoms with Crippen molar-refractivity contribution >= 4 is 22.4 Å². The van der Waals surface area contributed by atoms with E-state index in [1.54, 1.807) is 18.7 Å². The Hall–Kier alpha value is -1.17. The van der Waals surface area contributed by atoms with Crippen molar-refractivity contribution in [1.82, 2.24) is 9.78 Å². The molecule has 0 fully saturated rings. The highest BCUT2D eigenvalue weighted by Gasteiger charge is 2.29. The van der Waals surface area contributed by atoms with Gasteiger partial charge in [-0.05, 0) is 6.42 Å². The second kappa shape index (κ2) is 4.60. The van der Waals surface area contributed by atoms with Gasteiger partial charge in [0.15, 0.2) is 0 Å². The third-order valence-electron chi connectivity index (χ3n) is 2.87. The number of nitrogens with zero attached hydrogens (tertiary/aromatic N) is 2. The molecule has 0 spiro atoms. The maximum atomic E-state index is 12.2. The highest BCUT2D eigenvalue weighted by atomic mass is 32.2. The van der Waals surface area contributed by atoms with Crippen molar-refractivity contribution in [2.24, 2.45) is 13.0 Å². The third-order valence-corrected chi connectivity index (χ3v) is 4.57. The summed E-state index contributed by atoms with van der Waals surface area (Å²) in [5.41, 5.74) is 1.50. The van der Waals surface area contributed by atoms with Gasteiger partial charge >= 0.3 is 0 Å². The maximum absolute atomic E-state index is 12.2. The topological polar surface area (TPSA) is 64.0 Å². The molecule has 0 bridgehead atoms. The fourth-order valence-electron chi connectivity index (χ4n) is 1.99. The van der Waals surface area contributed by atoms with E-state index in [1.165, 1.54) is 0 Å². The van der Waals surface area contributed by atoms with Crippen LogP contribution in [0.1, 0.15) is 26.0 Å². The first-order valence-electron chi connectivity index (χ1n) is 5.79. The Morgan fingerprint density at radius 3 is 2.94 bits per heavy atom. The number of rotatable bonds is 2. The van der Waals surface area contributed by atoms with E-state index in [0.717, 1.165) is 18.5 Å². The molecule has 2 heterocycles. The van der Waals surface area contributed by atoms with Gasteiger partial charge in [-0.1, -0.05) is 20.3 Å². The zero-order valence-corrected chi connectivity index (χ0v) is 11.1. The summed E-state index contributed by atoms with van der Waals surface area (Å²) in [4.78, 5) is 11.8. The predicted octanol–water partition coefficient (Wildman–Crippen LogP) is 1.07. The van der Waals surface area contributed by atoms with E-state index in [-0.39, 0.29) is 11.8 Å². The van der Waals surface area contributed by atoms with Crippen molar-refractivity contribution in [3.05, 3.63) is 5.69 Å². The molecule has 0 saturated heterocycles. The average molecular weight is 255 g/mol. The minimum Gasteiger partial charge on any atom is -0.322 e. The summed E-state index contributed by atoms with van der Waals surface area (Å²) in [5.74, 6) is 0.0735. The van der Waals surface area contributed by atoms with Gasteiger partial charge in [0, 0.05) is 18.7 Å². The van der Waals surface area contributed by atoms with Crippen LogP contribution >= 0.6 is 0 Å². The molecule has 2 unspecified atom stereocenters. The molecule has 94 valence electrons. The first kappa shape index (κ1) is 12.3. The van der Waals surface area contributed by atoms with Crippen molar-refractivity contribution < 1.29 is 9.00 Å². The summed E-state index contributed by atoms with van der Waals surface area (Å²) in [6.07, 6.45) is 1.73. The van der Waals surface area contributed by atoms with Crippen molar-refractivity contribution in [2.45, 2.75) is 31.7 Å². The summed E-state index contributed by atoms with van der Waals surface area (Å²) >= 11 is 0. The number of carbonyl (C=O) groups is 1. The standard InChI is InChI=1S/C11H17N3O2S/c1-4-5-8-9-11(14(3)13-8)17(16)6-7(2)10(15)12-9/h7H,4-6H2,1-3H3,(H,12,15). The van der Waals surface area contributed by atoms with Crippen molar-refractivity contribution in [3.63, 3.8) is 0 Å². The number of hydrogen-bond acceptors (Lipinski definition) is 3. The fraction of sp³-hybridized carbons (Fsp3) is 0.636. The number of aromatic nitrogens is 2. The zero-order chi connectivity index (χ0) is 12.6. The molecular weight excluding hydrogens is 238 g/mol. The number of aryl methyl sites for hydroxylation is 2. The predicted molar refractivity (Wildman–Crippen MR) is 66.3 cm³/mol. The summed E-state index contributed by atoms with van der Waals surface area (Å²) < 4.78 is 13.8. The van der Waals surface area contributed by atoms with Crippen LogP contribution in [0, 0.1) is 5.92 Å². The lowest BCUT2D eigenvalue weighted by molar-refractivity contribution is -0.118. The van der Waals surface area contributed by atoms with Crippen molar-refractivity contribution in [1.29, 1.82) is 0 Å². The third kappa shape index (κ3) is 2.13. The number of nitrogens with one attached hydrogen (secondary N) is 1. The lowest BCUT2D eigenvalue weighted by atomic mass is 10.2. The van der Waals surface area contributed by atoms with Crippen LogP contribution < -0.4 is 5.32 Å². The molecule has 2 rings (SSSR count). The van der Waals surface area contributed by atoms with E-state index in [0.29, 0.717) is 16.5 Å². The lowest BCUT2D eigenvalue weighted by Gasteiger charge is -2.05. The zero-order valence-electron chi connectivity index (χ0n) is 10.3. The monoisotopic (exact) mass is 255 g/mol. The van der Waals surface area contributed by atoms with Crippen LogP contribution in [0.5, 0.6) is 0 Å². The van der Waals surface area contributed by atoms with Crippen molar-refractivity contribution in [3.8, 4) is 0 Å². The van der Waals surface area contributed by atoms with Crippen LogP contribution in [0.2, 0.25) is 0 Å². The van der Waals surface area contributed by atoms with Crippen LogP contribution in [-0.2, 0) is 29.1 Å². The molecule has 0 saturated carbocycles. The van der Waals surface area contributed by atoms with E-state index in [9.17, 15) is 9.00 Å². The normalized spacial score (nSPS) is 24.1. The SMILES string of the molecule is CCCc1nn(C)c2c1NC(=O)C(C)CS2=O. The van der Waals surface area contributed by atoms with Crippen LogP contribution in [0.15, 0.2) is 5.03 Å². The van der Waals surface area contributed by atoms with Crippen molar-refractivity contribution in [2.75, 3.05) is 11.1 Å². The van der Waals surface area contributed by atoms with Gasteiger partial charge in [-0.15, -0.1) is 0 Å². The van der Waals surface area contributed by atoms with E-state index < -0.39 is 10.8 Å². The molecule has 0 aliphatic carbocycles.